The lowest BCUT2D eigenvalue weighted by molar-refractivity contribution is 0.301. The molecule has 110 valence electrons. The van der Waals surface area contributed by atoms with Gasteiger partial charge in [0, 0.05) is 19.6 Å². The van der Waals surface area contributed by atoms with E-state index in [4.69, 9.17) is 0 Å². The first-order valence-corrected chi connectivity index (χ1v) is 8.03. The van der Waals surface area contributed by atoms with Crippen LogP contribution in [-0.2, 0) is 0 Å². The molecule has 0 aliphatic heterocycles. The van der Waals surface area contributed by atoms with Crippen molar-refractivity contribution >= 4 is 33.3 Å². The predicted molar refractivity (Wildman–Crippen MR) is 85.8 cm³/mol. The lowest BCUT2D eigenvalue weighted by atomic mass is 10.3. The summed E-state index contributed by atoms with van der Waals surface area (Å²) in [6.45, 7) is 6.64. The van der Waals surface area contributed by atoms with E-state index < -0.39 is 0 Å². The summed E-state index contributed by atoms with van der Waals surface area (Å²) in [5.74, 6) is 1.59. The smallest absolute Gasteiger partial charge is 0.226 e. The van der Waals surface area contributed by atoms with E-state index in [9.17, 15) is 5.11 Å². The molecule has 0 aliphatic rings. The molecular weight excluding hydrogens is 272 g/mol. The van der Waals surface area contributed by atoms with Crippen LogP contribution in [0.3, 0.4) is 0 Å². The summed E-state index contributed by atoms with van der Waals surface area (Å²) in [6.07, 6.45) is 2.21. The predicted octanol–water partition coefficient (Wildman–Crippen LogP) is 2.72. The average molecular weight is 294 g/mol. The van der Waals surface area contributed by atoms with Gasteiger partial charge in [0.15, 0.2) is 0 Å². The van der Waals surface area contributed by atoms with Gasteiger partial charge < -0.3 is 15.3 Å². The molecule has 6 heteroatoms. The van der Waals surface area contributed by atoms with E-state index in [2.05, 4.69) is 33.2 Å². The first kappa shape index (κ1) is 15.0. The number of rotatable bonds is 8. The van der Waals surface area contributed by atoms with E-state index in [-0.39, 0.29) is 6.61 Å². The van der Waals surface area contributed by atoms with Crippen molar-refractivity contribution in [2.75, 3.05) is 36.5 Å². The Kier molecular flexibility index (Phi) is 5.55. The van der Waals surface area contributed by atoms with Crippen LogP contribution in [0.5, 0.6) is 0 Å². The van der Waals surface area contributed by atoms with Crippen LogP contribution in [0.4, 0.5) is 11.8 Å². The summed E-state index contributed by atoms with van der Waals surface area (Å²) in [4.78, 5) is 12.3. The third-order valence-electron chi connectivity index (χ3n) is 3.09. The Balaban J connectivity index is 2.39. The van der Waals surface area contributed by atoms with Gasteiger partial charge in [-0.15, -0.1) is 11.3 Å². The van der Waals surface area contributed by atoms with Crippen LogP contribution in [0.15, 0.2) is 11.4 Å². The van der Waals surface area contributed by atoms with Gasteiger partial charge in [0.05, 0.1) is 12.0 Å². The van der Waals surface area contributed by atoms with Crippen LogP contribution in [0.2, 0.25) is 0 Å². The van der Waals surface area contributed by atoms with Crippen LogP contribution in [0, 0.1) is 0 Å². The number of unbranched alkanes of at least 4 members (excludes halogenated alkanes) is 1. The van der Waals surface area contributed by atoms with Gasteiger partial charge in [0.25, 0.3) is 0 Å². The second-order valence-corrected chi connectivity index (χ2v) is 5.50. The maximum atomic E-state index is 9.29. The Labute approximate surface area is 123 Å². The zero-order chi connectivity index (χ0) is 14.4. The number of aliphatic hydroxyl groups is 1. The Morgan fingerprint density at radius 3 is 2.85 bits per heavy atom. The van der Waals surface area contributed by atoms with E-state index in [0.29, 0.717) is 12.5 Å². The highest BCUT2D eigenvalue weighted by Crippen LogP contribution is 2.29. The molecule has 0 bridgehead atoms. The lowest BCUT2D eigenvalue weighted by Gasteiger charge is -2.23. The Morgan fingerprint density at radius 1 is 1.30 bits per heavy atom. The largest absolute Gasteiger partial charge is 0.395 e. The van der Waals surface area contributed by atoms with Crippen molar-refractivity contribution in [1.82, 2.24) is 9.97 Å². The van der Waals surface area contributed by atoms with E-state index in [1.165, 1.54) is 0 Å². The number of nitrogens with zero attached hydrogens (tertiary/aromatic N) is 3. The van der Waals surface area contributed by atoms with Gasteiger partial charge in [-0.2, -0.15) is 4.98 Å². The molecule has 0 radical (unpaired) electrons. The number of aliphatic hydroxyl groups excluding tert-OH is 1. The maximum absolute atomic E-state index is 9.29. The normalized spacial score (nSPS) is 10.9. The van der Waals surface area contributed by atoms with Crippen LogP contribution >= 0.6 is 11.3 Å². The summed E-state index contributed by atoms with van der Waals surface area (Å²) in [5, 5.41) is 15.6. The standard InChI is InChI=1S/C14H22N4OS/c1-3-5-7-18(8-9-19)12-11-6-10-20-13(11)17-14(16-12)15-4-2/h6,10,19H,3-5,7-9H2,1-2H3,(H,15,16,17). The summed E-state index contributed by atoms with van der Waals surface area (Å²) < 4.78 is 0. The molecule has 0 aromatic carbocycles. The second-order valence-electron chi connectivity index (χ2n) is 4.60. The minimum Gasteiger partial charge on any atom is -0.395 e. The highest BCUT2D eigenvalue weighted by atomic mass is 32.1. The molecule has 0 saturated heterocycles. The van der Waals surface area contributed by atoms with Crippen LogP contribution < -0.4 is 10.2 Å². The van der Waals surface area contributed by atoms with Gasteiger partial charge in [0.2, 0.25) is 5.95 Å². The van der Waals surface area contributed by atoms with Gasteiger partial charge in [-0.3, -0.25) is 0 Å². The van der Waals surface area contributed by atoms with Gasteiger partial charge in [0.1, 0.15) is 10.6 Å². The lowest BCUT2D eigenvalue weighted by Crippen LogP contribution is -2.29. The molecule has 2 N–H and O–H groups in total. The van der Waals surface area contributed by atoms with E-state index >= 15 is 0 Å². The molecule has 0 spiro atoms. The Hall–Kier alpha value is -1.40. The molecule has 0 unspecified atom stereocenters. The molecule has 0 aliphatic carbocycles. The van der Waals surface area contributed by atoms with Crippen molar-refractivity contribution in [3.05, 3.63) is 11.4 Å². The number of nitrogens with one attached hydrogen (secondary N) is 1. The van der Waals surface area contributed by atoms with Crippen molar-refractivity contribution in [2.24, 2.45) is 0 Å². The molecule has 2 aromatic heterocycles. The summed E-state index contributed by atoms with van der Waals surface area (Å²) >= 11 is 1.62. The van der Waals surface area contributed by atoms with Gasteiger partial charge in [-0.25, -0.2) is 4.98 Å². The van der Waals surface area contributed by atoms with Crippen LogP contribution in [-0.4, -0.2) is 41.3 Å². The third kappa shape index (κ3) is 3.37. The molecule has 20 heavy (non-hydrogen) atoms. The van der Waals surface area contributed by atoms with Crippen LogP contribution in [0.25, 0.3) is 10.2 Å². The summed E-state index contributed by atoms with van der Waals surface area (Å²) in [6, 6.07) is 2.06. The Morgan fingerprint density at radius 2 is 2.15 bits per heavy atom. The minimum atomic E-state index is 0.135. The molecule has 2 rings (SSSR count). The monoisotopic (exact) mass is 294 g/mol. The number of fused-ring (bicyclic) bond motifs is 1. The number of aromatic nitrogens is 2. The zero-order valence-corrected chi connectivity index (χ0v) is 12.9. The van der Waals surface area contributed by atoms with Crippen molar-refractivity contribution in [3.8, 4) is 0 Å². The molecular formula is C14H22N4OS. The van der Waals surface area contributed by atoms with Crippen molar-refractivity contribution in [2.45, 2.75) is 26.7 Å². The third-order valence-corrected chi connectivity index (χ3v) is 3.90. The van der Waals surface area contributed by atoms with Gasteiger partial charge in [-0.05, 0) is 24.8 Å². The summed E-state index contributed by atoms with van der Waals surface area (Å²) in [5.41, 5.74) is 0. The molecule has 2 heterocycles. The van der Waals surface area contributed by atoms with Crippen molar-refractivity contribution in [3.63, 3.8) is 0 Å². The summed E-state index contributed by atoms with van der Waals surface area (Å²) in [7, 11) is 0. The molecule has 5 nitrogen and oxygen atoms in total. The number of anilines is 2. The molecule has 0 fully saturated rings. The number of hydrogen-bond donors (Lipinski definition) is 2. The molecule has 0 atom stereocenters. The van der Waals surface area contributed by atoms with E-state index in [1.807, 2.05) is 12.3 Å². The van der Waals surface area contributed by atoms with Gasteiger partial charge in [-0.1, -0.05) is 13.3 Å². The molecule has 0 amide bonds. The number of thiophene rings is 1. The Bertz CT molecular complexity index is 543. The fourth-order valence-electron chi connectivity index (χ4n) is 2.11. The van der Waals surface area contributed by atoms with E-state index in [0.717, 1.165) is 42.0 Å². The van der Waals surface area contributed by atoms with E-state index in [1.54, 1.807) is 11.3 Å². The molecule has 0 saturated carbocycles. The number of hydrogen-bond acceptors (Lipinski definition) is 6. The fourth-order valence-corrected chi connectivity index (χ4v) is 2.87. The fraction of sp³-hybridized carbons (Fsp3) is 0.571. The second kappa shape index (κ2) is 7.40. The highest BCUT2D eigenvalue weighted by molar-refractivity contribution is 7.16. The van der Waals surface area contributed by atoms with Crippen molar-refractivity contribution in [1.29, 1.82) is 0 Å². The first-order chi connectivity index (χ1) is 9.80. The molecule has 2 aromatic rings. The van der Waals surface area contributed by atoms with Crippen LogP contribution in [0.1, 0.15) is 26.7 Å². The topological polar surface area (TPSA) is 61.3 Å². The first-order valence-electron chi connectivity index (χ1n) is 7.15. The minimum absolute atomic E-state index is 0.135. The van der Waals surface area contributed by atoms with Crippen molar-refractivity contribution < 1.29 is 5.11 Å². The quantitative estimate of drug-likeness (QED) is 0.784. The van der Waals surface area contributed by atoms with Gasteiger partial charge >= 0.3 is 0 Å². The maximum Gasteiger partial charge on any atom is 0.226 e. The zero-order valence-electron chi connectivity index (χ0n) is 12.1. The SMILES string of the molecule is CCCCN(CCO)c1nc(NCC)nc2sccc12. The average Bonchev–Trinajstić information content (AvgIpc) is 2.91. The highest BCUT2D eigenvalue weighted by Gasteiger charge is 2.14.